The normalized spacial score (nSPS) is 11.2. The van der Waals surface area contributed by atoms with E-state index in [2.05, 4.69) is 41.5 Å². The molecule has 2 heterocycles. The van der Waals surface area contributed by atoms with E-state index >= 15 is 0 Å². The first-order valence-electron chi connectivity index (χ1n) is 6.71. The minimum absolute atomic E-state index is 0.457. The fraction of sp³-hybridized carbons (Fsp3) is 0.467. The monoisotopic (exact) mass is 258 g/mol. The third kappa shape index (κ3) is 3.64. The predicted octanol–water partition coefficient (Wildman–Crippen LogP) is 2.54. The number of aryl methyl sites for hydroxylation is 2. The van der Waals surface area contributed by atoms with Gasteiger partial charge >= 0.3 is 0 Å². The SMILES string of the molecule is Cc1ccc(CNCc2cn(C)nc2C(C)C)cn1. The van der Waals surface area contributed by atoms with Crippen molar-refractivity contribution in [3.8, 4) is 0 Å². The van der Waals surface area contributed by atoms with Crippen molar-refractivity contribution in [3.05, 3.63) is 47.0 Å². The van der Waals surface area contributed by atoms with Crippen LogP contribution in [0.4, 0.5) is 0 Å². The minimum Gasteiger partial charge on any atom is -0.308 e. The number of aromatic nitrogens is 3. The van der Waals surface area contributed by atoms with E-state index in [9.17, 15) is 0 Å². The van der Waals surface area contributed by atoms with Gasteiger partial charge in [0, 0.05) is 43.8 Å². The van der Waals surface area contributed by atoms with Gasteiger partial charge in [-0.05, 0) is 24.5 Å². The van der Waals surface area contributed by atoms with Gasteiger partial charge in [0.15, 0.2) is 0 Å². The van der Waals surface area contributed by atoms with Crippen LogP contribution in [0.25, 0.3) is 0 Å². The molecule has 0 saturated carbocycles. The Morgan fingerprint density at radius 2 is 2.05 bits per heavy atom. The van der Waals surface area contributed by atoms with Crippen molar-refractivity contribution < 1.29 is 0 Å². The Labute approximate surface area is 114 Å². The van der Waals surface area contributed by atoms with E-state index in [0.717, 1.165) is 18.8 Å². The van der Waals surface area contributed by atoms with Crippen LogP contribution in [-0.2, 0) is 20.1 Å². The van der Waals surface area contributed by atoms with Gasteiger partial charge in [-0.15, -0.1) is 0 Å². The van der Waals surface area contributed by atoms with Gasteiger partial charge in [0.05, 0.1) is 5.69 Å². The lowest BCUT2D eigenvalue weighted by atomic mass is 10.1. The van der Waals surface area contributed by atoms with Crippen LogP contribution in [-0.4, -0.2) is 14.8 Å². The molecule has 0 aliphatic heterocycles. The highest BCUT2D eigenvalue weighted by Gasteiger charge is 2.10. The number of nitrogens with one attached hydrogen (secondary N) is 1. The van der Waals surface area contributed by atoms with Crippen LogP contribution >= 0.6 is 0 Å². The van der Waals surface area contributed by atoms with Crippen molar-refractivity contribution in [2.24, 2.45) is 7.05 Å². The van der Waals surface area contributed by atoms with Crippen LogP contribution in [0.1, 0.15) is 42.3 Å². The molecule has 0 aromatic carbocycles. The number of nitrogens with zero attached hydrogens (tertiary/aromatic N) is 3. The van der Waals surface area contributed by atoms with E-state index in [4.69, 9.17) is 0 Å². The summed E-state index contributed by atoms with van der Waals surface area (Å²) in [4.78, 5) is 4.30. The molecule has 0 unspecified atom stereocenters. The smallest absolute Gasteiger partial charge is 0.0694 e. The van der Waals surface area contributed by atoms with E-state index in [0.29, 0.717) is 5.92 Å². The lowest BCUT2D eigenvalue weighted by Crippen LogP contribution is -2.14. The van der Waals surface area contributed by atoms with E-state index in [-0.39, 0.29) is 0 Å². The van der Waals surface area contributed by atoms with E-state index < -0.39 is 0 Å². The zero-order valence-corrected chi connectivity index (χ0v) is 12.1. The predicted molar refractivity (Wildman–Crippen MR) is 76.8 cm³/mol. The Morgan fingerprint density at radius 1 is 1.26 bits per heavy atom. The fourth-order valence-corrected chi connectivity index (χ4v) is 2.12. The average molecular weight is 258 g/mol. The number of hydrogen-bond donors (Lipinski definition) is 1. The summed E-state index contributed by atoms with van der Waals surface area (Å²) in [5.41, 5.74) is 4.72. The first-order valence-corrected chi connectivity index (χ1v) is 6.71. The molecular weight excluding hydrogens is 236 g/mol. The molecule has 102 valence electrons. The number of hydrogen-bond acceptors (Lipinski definition) is 3. The van der Waals surface area contributed by atoms with Crippen molar-refractivity contribution in [1.29, 1.82) is 0 Å². The van der Waals surface area contributed by atoms with Crippen molar-refractivity contribution in [2.75, 3.05) is 0 Å². The van der Waals surface area contributed by atoms with Gasteiger partial charge in [-0.3, -0.25) is 9.67 Å². The van der Waals surface area contributed by atoms with Gasteiger partial charge in [0.25, 0.3) is 0 Å². The van der Waals surface area contributed by atoms with E-state index in [1.807, 2.05) is 30.9 Å². The summed E-state index contributed by atoms with van der Waals surface area (Å²) in [5, 5.41) is 7.96. The molecule has 4 nitrogen and oxygen atoms in total. The van der Waals surface area contributed by atoms with Crippen LogP contribution in [0.15, 0.2) is 24.5 Å². The fourth-order valence-electron chi connectivity index (χ4n) is 2.12. The Kier molecular flexibility index (Phi) is 4.32. The first kappa shape index (κ1) is 13.7. The lowest BCUT2D eigenvalue weighted by Gasteiger charge is -2.07. The molecule has 0 spiro atoms. The Morgan fingerprint density at radius 3 is 2.68 bits per heavy atom. The number of rotatable bonds is 5. The summed E-state index contributed by atoms with van der Waals surface area (Å²) in [6, 6.07) is 4.16. The quantitative estimate of drug-likeness (QED) is 0.896. The van der Waals surface area contributed by atoms with E-state index in [1.54, 1.807) is 0 Å². The largest absolute Gasteiger partial charge is 0.308 e. The Bertz CT molecular complexity index is 526. The van der Waals surface area contributed by atoms with Crippen LogP contribution < -0.4 is 5.32 Å². The van der Waals surface area contributed by atoms with Crippen LogP contribution in [0.3, 0.4) is 0 Å². The van der Waals surface area contributed by atoms with Crippen molar-refractivity contribution >= 4 is 0 Å². The summed E-state index contributed by atoms with van der Waals surface area (Å²) >= 11 is 0. The third-order valence-corrected chi connectivity index (χ3v) is 3.10. The highest BCUT2D eigenvalue weighted by atomic mass is 15.3. The zero-order chi connectivity index (χ0) is 13.8. The molecule has 0 aliphatic carbocycles. The van der Waals surface area contributed by atoms with Crippen molar-refractivity contribution in [2.45, 2.75) is 39.8 Å². The molecule has 0 saturated heterocycles. The van der Waals surface area contributed by atoms with Gasteiger partial charge < -0.3 is 5.32 Å². The maximum Gasteiger partial charge on any atom is 0.0694 e. The van der Waals surface area contributed by atoms with Gasteiger partial charge in [0.2, 0.25) is 0 Å². The molecule has 0 atom stereocenters. The second kappa shape index (κ2) is 5.97. The summed E-state index contributed by atoms with van der Waals surface area (Å²) in [5.74, 6) is 0.457. The molecule has 0 radical (unpaired) electrons. The molecule has 0 amide bonds. The van der Waals surface area contributed by atoms with Crippen molar-refractivity contribution in [1.82, 2.24) is 20.1 Å². The van der Waals surface area contributed by atoms with Crippen LogP contribution in [0, 0.1) is 6.92 Å². The van der Waals surface area contributed by atoms with Crippen molar-refractivity contribution in [3.63, 3.8) is 0 Å². The summed E-state index contributed by atoms with van der Waals surface area (Å²) < 4.78 is 1.89. The molecule has 19 heavy (non-hydrogen) atoms. The first-order chi connectivity index (χ1) is 9.06. The molecule has 2 aromatic heterocycles. The molecular formula is C15H22N4. The Balaban J connectivity index is 1.94. The molecule has 2 rings (SSSR count). The van der Waals surface area contributed by atoms with Gasteiger partial charge in [-0.2, -0.15) is 5.10 Å². The summed E-state index contributed by atoms with van der Waals surface area (Å²) in [6.07, 6.45) is 4.02. The second-order valence-corrected chi connectivity index (χ2v) is 5.28. The third-order valence-electron chi connectivity index (χ3n) is 3.10. The molecule has 2 aromatic rings. The zero-order valence-electron chi connectivity index (χ0n) is 12.1. The maximum atomic E-state index is 4.51. The molecule has 1 N–H and O–H groups in total. The van der Waals surface area contributed by atoms with E-state index in [1.165, 1.54) is 16.8 Å². The highest BCUT2D eigenvalue weighted by molar-refractivity contribution is 5.20. The molecule has 4 heteroatoms. The summed E-state index contributed by atoms with van der Waals surface area (Å²) in [7, 11) is 1.97. The number of pyridine rings is 1. The second-order valence-electron chi connectivity index (χ2n) is 5.28. The Hall–Kier alpha value is -1.68. The van der Waals surface area contributed by atoms with Crippen LogP contribution in [0.2, 0.25) is 0 Å². The van der Waals surface area contributed by atoms with Gasteiger partial charge in [-0.25, -0.2) is 0 Å². The summed E-state index contributed by atoms with van der Waals surface area (Å²) in [6.45, 7) is 8.03. The molecule has 0 bridgehead atoms. The standard InChI is InChI=1S/C15H22N4/c1-11(2)15-14(10-19(4)18-15)9-16-7-13-6-5-12(3)17-8-13/h5-6,8,10-11,16H,7,9H2,1-4H3. The average Bonchev–Trinajstić information content (AvgIpc) is 2.73. The van der Waals surface area contributed by atoms with Gasteiger partial charge in [-0.1, -0.05) is 19.9 Å². The highest BCUT2D eigenvalue weighted by Crippen LogP contribution is 2.17. The molecule has 0 fully saturated rings. The minimum atomic E-state index is 0.457. The maximum absolute atomic E-state index is 4.51. The molecule has 0 aliphatic rings. The topological polar surface area (TPSA) is 42.7 Å². The lowest BCUT2D eigenvalue weighted by molar-refractivity contribution is 0.676. The van der Waals surface area contributed by atoms with Crippen LogP contribution in [0.5, 0.6) is 0 Å². The van der Waals surface area contributed by atoms with Gasteiger partial charge in [0.1, 0.15) is 0 Å².